The third kappa shape index (κ3) is 7.00. The van der Waals surface area contributed by atoms with Crippen LogP contribution in [0.3, 0.4) is 0 Å². The van der Waals surface area contributed by atoms with Gasteiger partial charge in [-0.15, -0.1) is 0 Å². The Balaban J connectivity index is 1.44. The number of ether oxygens (including phenoxy) is 2. The highest BCUT2D eigenvalue weighted by Crippen LogP contribution is 2.39. The van der Waals surface area contributed by atoms with Crippen molar-refractivity contribution >= 4 is 5.83 Å². The number of hydrogen-bond acceptors (Lipinski definition) is 2. The Morgan fingerprint density at radius 1 is 0.881 bits per heavy atom. The highest BCUT2D eigenvalue weighted by atomic mass is 19.3. The molecule has 3 aromatic rings. The Morgan fingerprint density at radius 2 is 1.50 bits per heavy atom. The average molecular weight is 601 g/mol. The van der Waals surface area contributed by atoms with Crippen molar-refractivity contribution in [2.24, 2.45) is 0 Å². The topological polar surface area (TPSA) is 18.5 Å². The van der Waals surface area contributed by atoms with Gasteiger partial charge in [0, 0.05) is 29.2 Å². The largest absolute Gasteiger partial charge is 0.430 e. The van der Waals surface area contributed by atoms with Crippen molar-refractivity contribution in [1.29, 1.82) is 0 Å². The van der Waals surface area contributed by atoms with Crippen LogP contribution in [-0.2, 0) is 4.74 Å². The maximum absolute atomic E-state index is 15.1. The summed E-state index contributed by atoms with van der Waals surface area (Å²) in [6, 6.07) is 7.89. The van der Waals surface area contributed by atoms with Gasteiger partial charge in [-0.3, -0.25) is 0 Å². The number of unbranched alkanes of at least 4 members (excludes halogenated alkanes) is 1. The van der Waals surface area contributed by atoms with Crippen molar-refractivity contribution in [3.8, 4) is 16.9 Å². The summed E-state index contributed by atoms with van der Waals surface area (Å²) >= 11 is 0. The molecule has 1 saturated heterocycles. The zero-order valence-corrected chi connectivity index (χ0v) is 22.2. The molecule has 0 N–H and O–H groups in total. The molecule has 0 aromatic heterocycles. The molecule has 2 nitrogen and oxygen atoms in total. The summed E-state index contributed by atoms with van der Waals surface area (Å²) < 4.78 is 137. The van der Waals surface area contributed by atoms with Crippen LogP contribution < -0.4 is 4.74 Å². The van der Waals surface area contributed by atoms with E-state index in [4.69, 9.17) is 4.74 Å². The molecule has 2 atom stereocenters. The predicted octanol–water partition coefficient (Wildman–Crippen LogP) is 9.95. The van der Waals surface area contributed by atoms with E-state index in [2.05, 4.69) is 4.74 Å². The van der Waals surface area contributed by atoms with Crippen molar-refractivity contribution in [3.05, 3.63) is 107 Å². The summed E-state index contributed by atoms with van der Waals surface area (Å²) in [7, 11) is 0. The zero-order chi connectivity index (χ0) is 30.6. The minimum absolute atomic E-state index is 0.0562. The molecule has 0 aliphatic carbocycles. The van der Waals surface area contributed by atoms with E-state index in [0.717, 1.165) is 24.6 Å². The smallest absolute Gasteiger partial charge is 0.424 e. The second-order valence-electron chi connectivity index (χ2n) is 9.74. The maximum atomic E-state index is 15.1. The molecule has 3 aromatic carbocycles. The van der Waals surface area contributed by atoms with Crippen LogP contribution >= 0.6 is 0 Å². The van der Waals surface area contributed by atoms with E-state index in [-0.39, 0.29) is 35.2 Å². The van der Waals surface area contributed by atoms with Crippen molar-refractivity contribution in [2.45, 2.75) is 50.7 Å². The Labute approximate surface area is 236 Å². The lowest BCUT2D eigenvalue weighted by molar-refractivity contribution is -0.262. The first-order valence-electron chi connectivity index (χ1n) is 13.1. The molecule has 1 aliphatic rings. The normalized spacial score (nSPS) is 18.3. The standard InChI is InChI=1S/C31H25F9O2/c1-2-3-4-5-22(32)29(37)18-8-6-17(7-9-18)20-12-23(33)28(24(34)13-20)19-10-11-27(41-16-19)31(39,40)42-21-14-25(35)30(38)26(36)15-21/h4-9,12-15,19,27H,2-3,10-11,16H2,1H3/b5-4+,29-22+. The van der Waals surface area contributed by atoms with Crippen molar-refractivity contribution in [1.82, 2.24) is 0 Å². The Morgan fingerprint density at radius 3 is 2.05 bits per heavy atom. The number of halogens is 9. The molecular weight excluding hydrogens is 575 g/mol. The van der Waals surface area contributed by atoms with E-state index in [9.17, 15) is 30.7 Å². The first-order chi connectivity index (χ1) is 19.9. The van der Waals surface area contributed by atoms with Crippen LogP contribution in [0.4, 0.5) is 39.5 Å². The summed E-state index contributed by atoms with van der Waals surface area (Å²) in [5.74, 6) is -11.2. The van der Waals surface area contributed by atoms with Gasteiger partial charge in [0.05, 0.1) is 6.61 Å². The first kappa shape index (κ1) is 31.2. The Hall–Kier alpha value is -3.73. The van der Waals surface area contributed by atoms with Gasteiger partial charge in [0.25, 0.3) is 0 Å². The predicted molar refractivity (Wildman–Crippen MR) is 139 cm³/mol. The molecule has 0 amide bonds. The third-order valence-corrected chi connectivity index (χ3v) is 6.75. The fraction of sp³-hybridized carbons (Fsp3) is 0.290. The molecule has 1 fully saturated rings. The van der Waals surface area contributed by atoms with E-state index < -0.39 is 77.6 Å². The Bertz CT molecular complexity index is 1430. The molecule has 0 saturated carbocycles. The summed E-state index contributed by atoms with van der Waals surface area (Å²) in [5, 5.41) is 0. The number of alkyl halides is 2. The molecule has 2 unspecified atom stereocenters. The van der Waals surface area contributed by atoms with Crippen molar-refractivity contribution < 1.29 is 49.0 Å². The summed E-state index contributed by atoms with van der Waals surface area (Å²) in [6.45, 7) is 1.38. The molecule has 42 heavy (non-hydrogen) atoms. The van der Waals surface area contributed by atoms with Gasteiger partial charge >= 0.3 is 6.11 Å². The summed E-state index contributed by atoms with van der Waals surface area (Å²) in [4.78, 5) is 0. The van der Waals surface area contributed by atoms with Gasteiger partial charge in [0.15, 0.2) is 35.2 Å². The number of hydrogen-bond donors (Lipinski definition) is 0. The van der Waals surface area contributed by atoms with Crippen LogP contribution in [0, 0.1) is 29.1 Å². The van der Waals surface area contributed by atoms with Gasteiger partial charge in [-0.1, -0.05) is 43.7 Å². The van der Waals surface area contributed by atoms with Gasteiger partial charge < -0.3 is 9.47 Å². The third-order valence-electron chi connectivity index (χ3n) is 6.75. The molecule has 224 valence electrons. The van der Waals surface area contributed by atoms with Crippen LogP contribution in [0.2, 0.25) is 0 Å². The van der Waals surface area contributed by atoms with Gasteiger partial charge in [0.1, 0.15) is 17.4 Å². The molecule has 1 heterocycles. The quantitative estimate of drug-likeness (QED) is 0.138. The van der Waals surface area contributed by atoms with Crippen molar-refractivity contribution in [3.63, 3.8) is 0 Å². The van der Waals surface area contributed by atoms with E-state index in [1.54, 1.807) is 0 Å². The summed E-state index contributed by atoms with van der Waals surface area (Å²) in [5.41, 5.74) is -0.000420. The van der Waals surface area contributed by atoms with Gasteiger partial charge in [0.2, 0.25) is 0 Å². The van der Waals surface area contributed by atoms with Crippen LogP contribution in [-0.4, -0.2) is 18.8 Å². The van der Waals surface area contributed by atoms with E-state index >= 15 is 8.78 Å². The van der Waals surface area contributed by atoms with Gasteiger partial charge in [-0.25, -0.2) is 30.7 Å². The van der Waals surface area contributed by atoms with Crippen LogP contribution in [0.15, 0.2) is 66.5 Å². The lowest BCUT2D eigenvalue weighted by Crippen LogP contribution is -2.44. The minimum atomic E-state index is -4.09. The van der Waals surface area contributed by atoms with Crippen molar-refractivity contribution in [2.75, 3.05) is 6.61 Å². The minimum Gasteiger partial charge on any atom is -0.430 e. The lowest BCUT2D eigenvalue weighted by Gasteiger charge is -2.33. The lowest BCUT2D eigenvalue weighted by atomic mass is 9.89. The van der Waals surface area contributed by atoms with Gasteiger partial charge in [-0.05, 0) is 48.6 Å². The summed E-state index contributed by atoms with van der Waals surface area (Å²) in [6.07, 6.45) is -2.65. The second-order valence-corrected chi connectivity index (χ2v) is 9.74. The van der Waals surface area contributed by atoms with E-state index in [1.807, 2.05) is 6.92 Å². The fourth-order valence-corrected chi connectivity index (χ4v) is 4.57. The highest BCUT2D eigenvalue weighted by Gasteiger charge is 2.46. The molecule has 1 aliphatic heterocycles. The highest BCUT2D eigenvalue weighted by molar-refractivity contribution is 5.69. The fourth-order valence-electron chi connectivity index (χ4n) is 4.57. The van der Waals surface area contributed by atoms with Gasteiger partial charge in [-0.2, -0.15) is 8.78 Å². The monoisotopic (exact) mass is 600 g/mol. The zero-order valence-electron chi connectivity index (χ0n) is 22.2. The van der Waals surface area contributed by atoms with E-state index in [0.29, 0.717) is 12.0 Å². The number of allylic oxidation sites excluding steroid dienone is 3. The molecule has 4 rings (SSSR count). The number of rotatable bonds is 9. The first-order valence-corrected chi connectivity index (χ1v) is 13.1. The SMILES string of the molecule is CCC/C=C/C(F)=C(\F)c1ccc(-c2cc(F)c(C3CCC(C(F)(F)Oc4cc(F)c(F)c(F)c4)OC3)c(F)c2)cc1. The molecule has 0 spiro atoms. The number of benzene rings is 3. The van der Waals surface area contributed by atoms with Crippen LogP contribution in [0.5, 0.6) is 5.75 Å². The Kier molecular flexibility index (Phi) is 9.71. The molecular formula is C31H25F9O2. The maximum Gasteiger partial charge on any atom is 0.424 e. The molecule has 0 bridgehead atoms. The van der Waals surface area contributed by atoms with Crippen LogP contribution in [0.1, 0.15) is 49.7 Å². The molecule has 11 heteroatoms. The molecule has 0 radical (unpaired) electrons. The second kappa shape index (κ2) is 13.1. The average Bonchev–Trinajstić information content (AvgIpc) is 2.95. The van der Waals surface area contributed by atoms with Crippen LogP contribution in [0.25, 0.3) is 17.0 Å². The van der Waals surface area contributed by atoms with E-state index in [1.165, 1.54) is 30.3 Å².